The first kappa shape index (κ1) is 10.5. The van der Waals surface area contributed by atoms with E-state index in [0.717, 1.165) is 0 Å². The quantitative estimate of drug-likeness (QED) is 0.428. The highest BCUT2D eigenvalue weighted by molar-refractivity contribution is 5.62. The number of anilines is 1. The van der Waals surface area contributed by atoms with Gasteiger partial charge < -0.3 is 10.8 Å². The number of aliphatic hydroxyl groups is 1. The summed E-state index contributed by atoms with van der Waals surface area (Å²) in [5.74, 6) is 0. The molecule has 0 atom stereocenters. The van der Waals surface area contributed by atoms with E-state index in [2.05, 4.69) is 0 Å². The molecule has 0 unspecified atom stereocenters. The molecular formula is C9H12N2O3. The van der Waals surface area contributed by atoms with Crippen LogP contribution in [0.2, 0.25) is 0 Å². The topological polar surface area (TPSA) is 89.4 Å². The maximum absolute atomic E-state index is 10.7. The van der Waals surface area contributed by atoms with Crippen LogP contribution in [0, 0.1) is 10.1 Å². The number of aryl methyl sites for hydroxylation is 1. The van der Waals surface area contributed by atoms with Gasteiger partial charge in [-0.3, -0.25) is 10.1 Å². The van der Waals surface area contributed by atoms with E-state index in [9.17, 15) is 10.1 Å². The van der Waals surface area contributed by atoms with E-state index in [0.29, 0.717) is 18.4 Å². The van der Waals surface area contributed by atoms with Gasteiger partial charge in [-0.2, -0.15) is 0 Å². The molecule has 0 heterocycles. The highest BCUT2D eigenvalue weighted by atomic mass is 16.6. The van der Waals surface area contributed by atoms with Crippen molar-refractivity contribution in [2.75, 3.05) is 12.3 Å². The molecule has 5 nitrogen and oxygen atoms in total. The third-order valence-corrected chi connectivity index (χ3v) is 1.94. The van der Waals surface area contributed by atoms with E-state index >= 15 is 0 Å². The van der Waals surface area contributed by atoms with Crippen LogP contribution < -0.4 is 5.73 Å². The van der Waals surface area contributed by atoms with Crippen molar-refractivity contribution in [3.8, 4) is 0 Å². The van der Waals surface area contributed by atoms with Crippen molar-refractivity contribution in [1.29, 1.82) is 0 Å². The number of rotatable bonds is 4. The van der Waals surface area contributed by atoms with Gasteiger partial charge in [-0.1, -0.05) is 12.1 Å². The second kappa shape index (κ2) is 4.57. The molecule has 0 spiro atoms. The van der Waals surface area contributed by atoms with Crippen molar-refractivity contribution in [3.05, 3.63) is 33.9 Å². The molecule has 5 heteroatoms. The number of hydrogen-bond acceptors (Lipinski definition) is 4. The van der Waals surface area contributed by atoms with Crippen LogP contribution in [-0.2, 0) is 6.42 Å². The van der Waals surface area contributed by atoms with Crippen molar-refractivity contribution in [3.63, 3.8) is 0 Å². The Morgan fingerprint density at radius 2 is 2.21 bits per heavy atom. The van der Waals surface area contributed by atoms with Gasteiger partial charge in [0.25, 0.3) is 5.69 Å². The Bertz CT molecular complexity index is 339. The lowest BCUT2D eigenvalue weighted by molar-refractivity contribution is -0.384. The number of nitro benzene ring substituents is 1. The lowest BCUT2D eigenvalue weighted by Crippen LogP contribution is -2.01. The largest absolute Gasteiger partial charge is 0.396 e. The number of para-hydroxylation sites is 1. The molecule has 0 saturated heterocycles. The number of nitro groups is 1. The minimum absolute atomic E-state index is 0.0198. The lowest BCUT2D eigenvalue weighted by Gasteiger charge is -2.03. The lowest BCUT2D eigenvalue weighted by atomic mass is 10.1. The first-order valence-electron chi connectivity index (χ1n) is 4.29. The van der Waals surface area contributed by atoms with Crippen molar-refractivity contribution in [2.24, 2.45) is 0 Å². The Morgan fingerprint density at radius 1 is 1.50 bits per heavy atom. The van der Waals surface area contributed by atoms with Crippen molar-refractivity contribution >= 4 is 11.4 Å². The number of benzene rings is 1. The molecule has 76 valence electrons. The van der Waals surface area contributed by atoms with E-state index in [4.69, 9.17) is 10.8 Å². The van der Waals surface area contributed by atoms with Gasteiger partial charge in [0.1, 0.15) is 5.69 Å². The van der Waals surface area contributed by atoms with E-state index in [-0.39, 0.29) is 18.0 Å². The molecule has 0 aliphatic heterocycles. The molecule has 1 aromatic rings. The van der Waals surface area contributed by atoms with Gasteiger partial charge >= 0.3 is 0 Å². The van der Waals surface area contributed by atoms with Gasteiger partial charge in [0, 0.05) is 12.2 Å². The van der Waals surface area contributed by atoms with Crippen LogP contribution in [0.15, 0.2) is 18.2 Å². The predicted octanol–water partition coefficient (Wildman–Crippen LogP) is 1.10. The molecular weight excluding hydrogens is 184 g/mol. The summed E-state index contributed by atoms with van der Waals surface area (Å²) < 4.78 is 0. The predicted molar refractivity (Wildman–Crippen MR) is 52.9 cm³/mol. The molecule has 0 aliphatic carbocycles. The molecule has 3 N–H and O–H groups in total. The van der Waals surface area contributed by atoms with E-state index < -0.39 is 4.92 Å². The summed E-state index contributed by atoms with van der Waals surface area (Å²) in [5.41, 5.74) is 6.19. The number of aliphatic hydroxyl groups excluding tert-OH is 1. The normalized spacial score (nSPS) is 10.1. The Kier molecular flexibility index (Phi) is 3.41. The average molecular weight is 196 g/mol. The molecule has 0 saturated carbocycles. The number of hydrogen-bond donors (Lipinski definition) is 2. The van der Waals surface area contributed by atoms with Crippen LogP contribution in [0.5, 0.6) is 0 Å². The molecule has 1 aromatic carbocycles. The van der Waals surface area contributed by atoms with E-state index in [1.54, 1.807) is 12.1 Å². The van der Waals surface area contributed by atoms with Crippen molar-refractivity contribution < 1.29 is 10.0 Å². The summed E-state index contributed by atoms with van der Waals surface area (Å²) in [6.45, 7) is 0.0198. The van der Waals surface area contributed by atoms with Crippen LogP contribution >= 0.6 is 0 Å². The first-order chi connectivity index (χ1) is 6.66. The second-order valence-electron chi connectivity index (χ2n) is 2.94. The number of nitrogens with zero attached hydrogens (tertiary/aromatic N) is 1. The Labute approximate surface area is 81.3 Å². The summed E-state index contributed by atoms with van der Waals surface area (Å²) in [7, 11) is 0. The second-order valence-corrected chi connectivity index (χ2v) is 2.94. The monoisotopic (exact) mass is 196 g/mol. The van der Waals surface area contributed by atoms with Crippen LogP contribution in [-0.4, -0.2) is 16.6 Å². The third-order valence-electron chi connectivity index (χ3n) is 1.94. The fraction of sp³-hybridized carbons (Fsp3) is 0.333. The molecule has 0 bridgehead atoms. The molecule has 0 aromatic heterocycles. The maximum Gasteiger partial charge on any atom is 0.295 e. The van der Waals surface area contributed by atoms with Crippen molar-refractivity contribution in [2.45, 2.75) is 12.8 Å². The van der Waals surface area contributed by atoms with Gasteiger partial charge in [0.2, 0.25) is 0 Å². The fourth-order valence-corrected chi connectivity index (χ4v) is 1.31. The Morgan fingerprint density at radius 3 is 2.79 bits per heavy atom. The first-order valence-corrected chi connectivity index (χ1v) is 4.29. The third kappa shape index (κ3) is 2.20. The zero-order valence-electron chi connectivity index (χ0n) is 7.64. The van der Waals surface area contributed by atoms with Crippen molar-refractivity contribution in [1.82, 2.24) is 0 Å². The highest BCUT2D eigenvalue weighted by Gasteiger charge is 2.16. The average Bonchev–Trinajstić information content (AvgIpc) is 2.14. The molecule has 0 radical (unpaired) electrons. The Hall–Kier alpha value is -1.62. The van der Waals surface area contributed by atoms with Crippen LogP contribution in [0.25, 0.3) is 0 Å². The van der Waals surface area contributed by atoms with Gasteiger partial charge in [-0.05, 0) is 18.9 Å². The number of nitrogens with two attached hydrogens (primary N) is 1. The summed E-state index contributed by atoms with van der Waals surface area (Å²) in [4.78, 5) is 10.2. The zero-order valence-corrected chi connectivity index (χ0v) is 7.64. The molecule has 14 heavy (non-hydrogen) atoms. The van der Waals surface area contributed by atoms with Crippen LogP contribution in [0.1, 0.15) is 12.0 Å². The van der Waals surface area contributed by atoms with E-state index in [1.165, 1.54) is 6.07 Å². The SMILES string of the molecule is Nc1cccc(CCCO)c1[N+](=O)[O-]. The van der Waals surface area contributed by atoms with Gasteiger partial charge in [-0.15, -0.1) is 0 Å². The molecule has 0 aliphatic rings. The number of nitrogen functional groups attached to an aromatic ring is 1. The highest BCUT2D eigenvalue weighted by Crippen LogP contribution is 2.26. The smallest absolute Gasteiger partial charge is 0.295 e. The Balaban J connectivity index is 3.02. The van der Waals surface area contributed by atoms with Gasteiger partial charge in [0.05, 0.1) is 4.92 Å². The zero-order chi connectivity index (χ0) is 10.6. The fourth-order valence-electron chi connectivity index (χ4n) is 1.31. The summed E-state index contributed by atoms with van der Waals surface area (Å²) in [6.07, 6.45) is 0.974. The minimum Gasteiger partial charge on any atom is -0.396 e. The summed E-state index contributed by atoms with van der Waals surface area (Å²) >= 11 is 0. The van der Waals surface area contributed by atoms with Gasteiger partial charge in [-0.25, -0.2) is 0 Å². The summed E-state index contributed by atoms with van der Waals surface area (Å²) in [6, 6.07) is 4.83. The molecule has 0 fully saturated rings. The van der Waals surface area contributed by atoms with E-state index in [1.807, 2.05) is 0 Å². The molecule has 1 rings (SSSR count). The van der Waals surface area contributed by atoms with Crippen LogP contribution in [0.3, 0.4) is 0 Å². The summed E-state index contributed by atoms with van der Waals surface area (Å²) in [5, 5.41) is 19.3. The maximum atomic E-state index is 10.7. The van der Waals surface area contributed by atoms with Crippen LogP contribution in [0.4, 0.5) is 11.4 Å². The van der Waals surface area contributed by atoms with Gasteiger partial charge in [0.15, 0.2) is 0 Å². The standard InChI is InChI=1S/C9H12N2O3/c10-8-5-1-3-7(4-2-6-12)9(8)11(13)14/h1,3,5,12H,2,4,6,10H2. The molecule has 0 amide bonds. The minimum atomic E-state index is -0.484.